The SMILES string of the molecule is CC[S-].COCCOc1cc(O)cc2c1CC1[C@@H]3CCC(=O)C[C@]23CCN1C.COCCOc1cc(OC)cc2c1CC1[C@@H]3CCC(=O)C[C@]23CCN1C.COCOCc1cc(OC)c(OS(=O)(=O)C(F)(F)F)c2c1CC1[C@@H]3CCC(=O)C[C@]23CCN1C.[2H]CF.[Na+]. The van der Waals surface area contributed by atoms with Gasteiger partial charge in [0.1, 0.15) is 60.4 Å². The molecule has 9 aliphatic rings. The molecule has 0 radical (unpaired) electrons. The van der Waals surface area contributed by atoms with Gasteiger partial charge < -0.3 is 74.5 Å². The predicted octanol–water partition coefficient (Wildman–Crippen LogP) is 5.93. The third-order valence-electron chi connectivity index (χ3n) is 20.8. The molecule has 6 fully saturated rings. The fraction of sp³-hybridized carbons (Fsp3) is 0.682. The first-order valence-corrected chi connectivity index (χ1v) is 33.1. The second kappa shape index (κ2) is 31.8. The van der Waals surface area contributed by atoms with Crippen molar-refractivity contribution >= 4 is 40.1 Å². The fourth-order valence-electron chi connectivity index (χ4n) is 17.0. The van der Waals surface area contributed by atoms with Crippen LogP contribution < -0.4 is 52.7 Å². The van der Waals surface area contributed by atoms with Gasteiger partial charge in [-0.15, -0.1) is 0 Å². The minimum absolute atomic E-state index is 0. The summed E-state index contributed by atoms with van der Waals surface area (Å²) in [6, 6.07) is 10.2. The third kappa shape index (κ3) is 15.1. The Hall–Kier alpha value is -3.79. The van der Waals surface area contributed by atoms with Gasteiger partial charge in [0.2, 0.25) is 0 Å². The third-order valence-corrected chi connectivity index (χ3v) is 21.8. The quantitative estimate of drug-likeness (QED) is 0.0337. The van der Waals surface area contributed by atoms with E-state index in [-0.39, 0.29) is 89.4 Å². The van der Waals surface area contributed by atoms with Crippen LogP contribution in [0.1, 0.15) is 124 Å². The smallest absolute Gasteiger partial charge is 0.793 e. The van der Waals surface area contributed by atoms with Gasteiger partial charge >= 0.3 is 45.2 Å². The van der Waals surface area contributed by atoms with E-state index in [2.05, 4.69) is 47.5 Å². The number of nitrogens with zero attached hydrogens (tertiary/aromatic N) is 3. The van der Waals surface area contributed by atoms with Gasteiger partial charge in [0.05, 0.1) is 42.6 Å². The van der Waals surface area contributed by atoms with Crippen molar-refractivity contribution in [2.45, 2.75) is 150 Å². The van der Waals surface area contributed by atoms with Gasteiger partial charge in [0, 0.05) is 112 Å². The number of methoxy groups -OCH3 is 5. The molecule has 3 aliphatic heterocycles. The Balaban J connectivity index is 0.000000189. The van der Waals surface area contributed by atoms with E-state index in [0.29, 0.717) is 130 Å². The Kier molecular flexibility index (Phi) is 25.6. The molecule has 9 atom stereocenters. The number of aromatic hydroxyl groups is 1. The number of likely N-dealkylation sites (tertiary alicyclic amines) is 3. The molecule has 3 saturated heterocycles. The number of ether oxygens (including phenoxy) is 8. The van der Waals surface area contributed by atoms with E-state index in [4.69, 9.17) is 43.4 Å². The maximum atomic E-state index is 13.3. The number of hydrogen-bond acceptors (Lipinski definition) is 19. The Morgan fingerprint density at radius 1 is 0.648 bits per heavy atom. The van der Waals surface area contributed by atoms with Crippen LogP contribution in [0.5, 0.6) is 34.5 Å². The second-order valence-corrected chi connectivity index (χ2v) is 27.4. The summed E-state index contributed by atoms with van der Waals surface area (Å²) in [7, 11) is 7.17. The van der Waals surface area contributed by atoms with Crippen molar-refractivity contribution in [3.05, 3.63) is 69.3 Å². The van der Waals surface area contributed by atoms with Gasteiger partial charge in [-0.2, -0.15) is 27.3 Å². The summed E-state index contributed by atoms with van der Waals surface area (Å²) < 4.78 is 128. The molecule has 502 valence electrons. The van der Waals surface area contributed by atoms with Crippen LogP contribution in [0, 0.1) is 17.8 Å². The number of phenols is 1. The van der Waals surface area contributed by atoms with E-state index in [1.165, 1.54) is 37.0 Å². The first-order chi connectivity index (χ1) is 43.4. The first-order valence-electron chi connectivity index (χ1n) is 31.8. The van der Waals surface area contributed by atoms with E-state index >= 15 is 0 Å². The molecule has 91 heavy (non-hydrogen) atoms. The molecular formula is C66H92F4N3NaO15S2. The molecule has 6 aliphatic carbocycles. The van der Waals surface area contributed by atoms with Crippen molar-refractivity contribution in [3.8, 4) is 34.5 Å². The molecule has 0 spiro atoms. The van der Waals surface area contributed by atoms with E-state index in [1.807, 2.05) is 26.1 Å². The number of piperidine rings is 3. The zero-order valence-corrected chi connectivity index (χ0v) is 58.2. The van der Waals surface area contributed by atoms with Crippen LogP contribution in [0.15, 0.2) is 30.3 Å². The summed E-state index contributed by atoms with van der Waals surface area (Å²) in [5.74, 6) is 4.67. The summed E-state index contributed by atoms with van der Waals surface area (Å²) in [6.07, 6.45) is 10.6. The van der Waals surface area contributed by atoms with Gasteiger partial charge in [0.15, 0.2) is 11.5 Å². The van der Waals surface area contributed by atoms with Gasteiger partial charge in [0.25, 0.3) is 0 Å². The Morgan fingerprint density at radius 3 is 1.54 bits per heavy atom. The topological polar surface area (TPSA) is 198 Å². The van der Waals surface area contributed by atoms with Crippen LogP contribution in [0.4, 0.5) is 17.6 Å². The van der Waals surface area contributed by atoms with Crippen molar-refractivity contribution < 1.29 is 118 Å². The molecule has 25 heteroatoms. The number of carbonyl (C=O) groups is 3. The first kappa shape index (κ1) is 73.0. The molecule has 18 nitrogen and oxygen atoms in total. The molecule has 0 amide bonds. The van der Waals surface area contributed by atoms with Gasteiger partial charge in [-0.25, -0.2) is 0 Å². The van der Waals surface area contributed by atoms with Crippen molar-refractivity contribution in [2.24, 2.45) is 17.8 Å². The zero-order chi connectivity index (χ0) is 66.2. The number of fused-ring (bicyclic) bond motifs is 3. The van der Waals surface area contributed by atoms with Crippen molar-refractivity contribution in [1.29, 1.82) is 0 Å². The summed E-state index contributed by atoms with van der Waals surface area (Å²) in [6.45, 7) is 6.73. The molecule has 3 heterocycles. The monoisotopic (exact) mass is 1330 g/mol. The standard InChI is InChI=1S/C22H28F3NO7S.C21H29NO4.C20H27NO4.C2H6S.CH3F.Na/c1-26-7-6-21-10-14(27)4-5-16(21)17(26)9-15-13(11-32-12-30-2)8-18(31-3)20(19(15)21)33-34(28,29)22(23,24)25;1-22-7-6-21-13-14(23)4-5-17(21)19(22)12-16-18(21)10-15(25-3)11-20(16)26-9-8-24-2;1-21-6-5-20-12-13(22)3-4-16(20)18(21)11-15-17(20)9-14(23)10-19(15)25-8-7-24-2;1-2-3;1-2;/h8,16-17H,4-7,9-12H2,1-3H3;10-11,17,19H,4-9,12-13H2,1-3H3;9-10,16,18,23H,3-8,11-12H2,1-2H3;3H,2H2,1H3;1H3;/q;;;;;+1/p-1/t16-,17?,21-;17-,19?,21-;16-,18?,20-;;;/m000.../s1/i;;;;1D;. The Labute approximate surface area is 563 Å². The number of carbonyl (C=O) groups excluding carboxylic acids is 3. The Bertz CT molecular complexity index is 3170. The summed E-state index contributed by atoms with van der Waals surface area (Å²) in [4.78, 5) is 44.7. The van der Waals surface area contributed by atoms with Crippen LogP contribution in [0.25, 0.3) is 0 Å². The predicted molar refractivity (Wildman–Crippen MR) is 332 cm³/mol. The van der Waals surface area contributed by atoms with Gasteiger partial charge in [-0.05, 0) is 168 Å². The van der Waals surface area contributed by atoms with E-state index in [1.54, 1.807) is 27.4 Å². The van der Waals surface area contributed by atoms with E-state index in [9.17, 15) is 45.5 Å². The summed E-state index contributed by atoms with van der Waals surface area (Å²) in [5, 5.41) is 10.3. The van der Waals surface area contributed by atoms with Crippen molar-refractivity contribution in [3.63, 3.8) is 0 Å². The largest absolute Gasteiger partial charge is 1.00 e. The number of alkyl halides is 4. The number of halogens is 4. The molecule has 3 aromatic rings. The number of rotatable bonds is 16. The summed E-state index contributed by atoms with van der Waals surface area (Å²) in [5.41, 5.74) is -0.126. The summed E-state index contributed by atoms with van der Waals surface area (Å²) >= 11 is 4.39. The van der Waals surface area contributed by atoms with Gasteiger partial charge in [-0.3, -0.25) is 18.8 Å². The number of benzene rings is 3. The minimum Gasteiger partial charge on any atom is -0.793 e. The number of ketones is 3. The van der Waals surface area contributed by atoms with Crippen LogP contribution in [0.2, 0.25) is 0 Å². The number of phenolic OH excluding ortho intramolecular Hbond substituents is 1. The van der Waals surface area contributed by atoms with E-state index in [0.717, 1.165) is 86.6 Å². The normalized spacial score (nSPS) is 27.9. The van der Waals surface area contributed by atoms with Crippen LogP contribution in [0.3, 0.4) is 0 Å². The van der Waals surface area contributed by atoms with Crippen molar-refractivity contribution in [1.82, 2.24) is 14.7 Å². The second-order valence-electron chi connectivity index (χ2n) is 25.3. The zero-order valence-electron chi connectivity index (χ0n) is 55.6. The Morgan fingerprint density at radius 2 is 1.09 bits per heavy atom. The molecule has 0 aromatic heterocycles. The number of likely N-dealkylation sites (N-methyl/N-ethyl adjacent to an activating group) is 3. The average molecular weight is 1330 g/mol. The molecule has 6 bridgehead atoms. The van der Waals surface area contributed by atoms with Crippen molar-refractivity contribution in [2.75, 3.05) is 122 Å². The fourth-order valence-corrected chi connectivity index (χ4v) is 17.5. The van der Waals surface area contributed by atoms with Crippen LogP contribution in [-0.4, -0.2) is 192 Å². The maximum absolute atomic E-state index is 13.3. The molecule has 3 saturated carbocycles. The molecule has 3 unspecified atom stereocenters. The van der Waals surface area contributed by atoms with Gasteiger partial charge in [-0.1, -0.05) is 6.92 Å². The molecule has 3 aromatic carbocycles. The number of hydrogen-bond donors (Lipinski definition) is 1. The van der Waals surface area contributed by atoms with E-state index < -0.39 is 33.9 Å². The molecule has 12 rings (SSSR count). The van der Waals surface area contributed by atoms with Crippen LogP contribution >= 0.6 is 0 Å². The average Bonchev–Trinajstić information content (AvgIpc) is 0.720. The maximum Gasteiger partial charge on any atom is 1.00 e. The molecule has 1 N–H and O–H groups in total. The molecular weight excluding hydrogens is 1240 g/mol. The van der Waals surface area contributed by atoms with Crippen LogP contribution in [-0.2, 0) is 98.2 Å². The minimum atomic E-state index is -5.97. The number of Topliss-reactive ketones (excluding diaryl/α,β-unsaturated/α-hetero) is 3.